The van der Waals surface area contributed by atoms with Gasteiger partial charge in [0.2, 0.25) is 0 Å². The first-order valence-corrected chi connectivity index (χ1v) is 3.79. The topological polar surface area (TPSA) is 0 Å². The van der Waals surface area contributed by atoms with E-state index in [1.54, 1.807) is 0 Å². The standard InChI is InChI=1S/C9H18/c1-5-6-9(4)7-8(2)3/h8-9H,1-2,5-7H2,3-4H3. The van der Waals surface area contributed by atoms with Gasteiger partial charge in [-0.3, -0.25) is 0 Å². The molecule has 0 aromatic carbocycles. The van der Waals surface area contributed by atoms with Crippen molar-refractivity contribution in [2.75, 3.05) is 0 Å². The van der Waals surface area contributed by atoms with Crippen LogP contribution in [0.25, 0.3) is 0 Å². The van der Waals surface area contributed by atoms with Crippen molar-refractivity contribution in [2.45, 2.75) is 33.1 Å². The van der Waals surface area contributed by atoms with Gasteiger partial charge in [-0.15, -0.1) is 0 Å². The summed E-state index contributed by atoms with van der Waals surface area (Å²) in [6.07, 6.45) is 3.56. The zero-order valence-corrected chi connectivity index (χ0v) is 6.69. The Balaban J connectivity index is 3.15. The summed E-state index contributed by atoms with van der Waals surface area (Å²) in [5.74, 6) is 1.42. The molecule has 0 aliphatic rings. The zero-order chi connectivity index (χ0) is 7.28. The number of rotatable bonds is 4. The Labute approximate surface area is 59.7 Å². The molecule has 2 radical (unpaired) electrons. The molecule has 0 nitrogen and oxygen atoms in total. The van der Waals surface area contributed by atoms with E-state index in [1.165, 1.54) is 12.8 Å². The van der Waals surface area contributed by atoms with E-state index in [4.69, 9.17) is 0 Å². The predicted molar refractivity (Wildman–Crippen MR) is 42.9 cm³/mol. The van der Waals surface area contributed by atoms with Crippen molar-refractivity contribution in [3.8, 4) is 0 Å². The molecule has 0 N–H and O–H groups in total. The minimum Gasteiger partial charge on any atom is -0.0625 e. The molecule has 0 aliphatic carbocycles. The molecule has 0 fully saturated rings. The van der Waals surface area contributed by atoms with Crippen molar-refractivity contribution in [2.24, 2.45) is 11.8 Å². The zero-order valence-electron chi connectivity index (χ0n) is 6.69. The summed E-state index contributed by atoms with van der Waals surface area (Å²) in [4.78, 5) is 0. The molecule has 54 valence electrons. The van der Waals surface area contributed by atoms with Crippen LogP contribution in [0, 0.1) is 25.7 Å². The summed E-state index contributed by atoms with van der Waals surface area (Å²) < 4.78 is 0. The molecule has 0 saturated carbocycles. The Morgan fingerprint density at radius 2 is 1.89 bits per heavy atom. The SMILES string of the molecule is [CH2]CCC(C)CC([CH2])C. The van der Waals surface area contributed by atoms with Crippen molar-refractivity contribution in [1.29, 1.82) is 0 Å². The van der Waals surface area contributed by atoms with Gasteiger partial charge < -0.3 is 0 Å². The van der Waals surface area contributed by atoms with Gasteiger partial charge in [-0.1, -0.05) is 40.5 Å². The molecule has 9 heavy (non-hydrogen) atoms. The van der Waals surface area contributed by atoms with Crippen LogP contribution >= 0.6 is 0 Å². The van der Waals surface area contributed by atoms with Crippen LogP contribution in [0.5, 0.6) is 0 Å². The maximum atomic E-state index is 3.94. The van der Waals surface area contributed by atoms with E-state index in [1.807, 2.05) is 0 Å². The Bertz CT molecular complexity index is 55.1. The van der Waals surface area contributed by atoms with Gasteiger partial charge in [0.25, 0.3) is 0 Å². The molecule has 0 aliphatic heterocycles. The highest BCUT2D eigenvalue weighted by Crippen LogP contribution is 2.14. The van der Waals surface area contributed by atoms with E-state index in [-0.39, 0.29) is 0 Å². The molecular weight excluding hydrogens is 108 g/mol. The average Bonchev–Trinajstić information content (AvgIpc) is 1.63. The van der Waals surface area contributed by atoms with E-state index in [0.29, 0.717) is 5.92 Å². The molecular formula is C9H18. The lowest BCUT2D eigenvalue weighted by Gasteiger charge is -2.11. The first-order valence-electron chi connectivity index (χ1n) is 3.79. The third kappa shape index (κ3) is 5.88. The fourth-order valence-corrected chi connectivity index (χ4v) is 1.15. The second-order valence-corrected chi connectivity index (χ2v) is 3.09. The van der Waals surface area contributed by atoms with Gasteiger partial charge in [-0.25, -0.2) is 0 Å². The highest BCUT2D eigenvalue weighted by molar-refractivity contribution is 4.60. The fraction of sp³-hybridized carbons (Fsp3) is 0.778. The Morgan fingerprint density at radius 3 is 2.22 bits per heavy atom. The summed E-state index contributed by atoms with van der Waals surface area (Å²) in [6, 6.07) is 0. The molecule has 0 bridgehead atoms. The van der Waals surface area contributed by atoms with Gasteiger partial charge in [0.15, 0.2) is 0 Å². The predicted octanol–water partition coefficient (Wildman–Crippen LogP) is 3.10. The van der Waals surface area contributed by atoms with Crippen LogP contribution in [0.1, 0.15) is 33.1 Å². The monoisotopic (exact) mass is 126 g/mol. The van der Waals surface area contributed by atoms with Gasteiger partial charge in [0.05, 0.1) is 0 Å². The Morgan fingerprint density at radius 1 is 1.33 bits per heavy atom. The third-order valence-corrected chi connectivity index (χ3v) is 1.50. The van der Waals surface area contributed by atoms with Gasteiger partial charge >= 0.3 is 0 Å². The van der Waals surface area contributed by atoms with Crippen LogP contribution in [0.4, 0.5) is 0 Å². The minimum atomic E-state index is 0.603. The lowest BCUT2D eigenvalue weighted by molar-refractivity contribution is 0.439. The summed E-state index contributed by atoms with van der Waals surface area (Å²) in [6.45, 7) is 12.2. The first-order chi connectivity index (χ1) is 4.16. The van der Waals surface area contributed by atoms with E-state index in [0.717, 1.165) is 12.3 Å². The normalized spacial score (nSPS) is 14.3. The van der Waals surface area contributed by atoms with Crippen molar-refractivity contribution >= 4 is 0 Å². The fourth-order valence-electron chi connectivity index (χ4n) is 1.15. The molecule has 0 aromatic heterocycles. The van der Waals surface area contributed by atoms with E-state index in [2.05, 4.69) is 27.7 Å². The maximum Gasteiger partial charge on any atom is -0.0440 e. The maximum absolute atomic E-state index is 3.94. The molecule has 0 aromatic rings. The van der Waals surface area contributed by atoms with Crippen molar-refractivity contribution in [3.05, 3.63) is 13.8 Å². The quantitative estimate of drug-likeness (QED) is 0.543. The second kappa shape index (κ2) is 4.84. The molecule has 2 atom stereocenters. The van der Waals surface area contributed by atoms with Crippen molar-refractivity contribution in [3.63, 3.8) is 0 Å². The highest BCUT2D eigenvalue weighted by atomic mass is 14.1. The van der Waals surface area contributed by atoms with E-state index < -0.39 is 0 Å². The van der Waals surface area contributed by atoms with Crippen molar-refractivity contribution < 1.29 is 0 Å². The molecule has 2 unspecified atom stereocenters. The summed E-state index contributed by atoms with van der Waals surface area (Å²) in [7, 11) is 0. The van der Waals surface area contributed by atoms with Crippen LogP contribution in [0.3, 0.4) is 0 Å². The van der Waals surface area contributed by atoms with Gasteiger partial charge in [-0.05, 0) is 18.3 Å². The summed E-state index contributed by atoms with van der Waals surface area (Å²) >= 11 is 0. The molecule has 0 heterocycles. The number of hydrogen-bond donors (Lipinski definition) is 0. The van der Waals surface area contributed by atoms with Crippen LogP contribution in [-0.4, -0.2) is 0 Å². The average molecular weight is 126 g/mol. The molecule has 0 spiro atoms. The molecule has 0 amide bonds. The lowest BCUT2D eigenvalue weighted by atomic mass is 9.95. The molecule has 0 heteroatoms. The van der Waals surface area contributed by atoms with Gasteiger partial charge in [0.1, 0.15) is 0 Å². The highest BCUT2D eigenvalue weighted by Gasteiger charge is 2.02. The van der Waals surface area contributed by atoms with Crippen molar-refractivity contribution in [1.82, 2.24) is 0 Å². The first kappa shape index (κ1) is 9.00. The van der Waals surface area contributed by atoms with Crippen LogP contribution in [0.2, 0.25) is 0 Å². The Hall–Kier alpha value is 0. The van der Waals surface area contributed by atoms with E-state index >= 15 is 0 Å². The van der Waals surface area contributed by atoms with Crippen LogP contribution in [0.15, 0.2) is 0 Å². The second-order valence-electron chi connectivity index (χ2n) is 3.09. The lowest BCUT2D eigenvalue weighted by Crippen LogP contribution is -1.99. The summed E-state index contributed by atoms with van der Waals surface area (Å²) in [5, 5.41) is 0. The summed E-state index contributed by atoms with van der Waals surface area (Å²) in [5.41, 5.74) is 0. The molecule has 0 saturated heterocycles. The molecule has 0 rings (SSSR count). The van der Waals surface area contributed by atoms with Gasteiger partial charge in [0, 0.05) is 0 Å². The smallest absolute Gasteiger partial charge is 0.0440 e. The van der Waals surface area contributed by atoms with Crippen LogP contribution < -0.4 is 0 Å². The number of hydrogen-bond acceptors (Lipinski definition) is 0. The van der Waals surface area contributed by atoms with E-state index in [9.17, 15) is 0 Å². The third-order valence-electron chi connectivity index (χ3n) is 1.50. The van der Waals surface area contributed by atoms with Gasteiger partial charge in [-0.2, -0.15) is 0 Å². The van der Waals surface area contributed by atoms with Crippen LogP contribution in [-0.2, 0) is 0 Å². The minimum absolute atomic E-state index is 0.603. The Kier molecular flexibility index (Phi) is 4.84. The largest absolute Gasteiger partial charge is 0.0625 e.